The molecular formula is C25H31F4N5O4. The average Bonchev–Trinajstić information content (AvgIpc) is 3.36. The Labute approximate surface area is 217 Å². The molecule has 0 radical (unpaired) electrons. The maximum atomic E-state index is 14.3. The number of likely N-dealkylation sites (tertiary alicyclic amines) is 1. The number of carbonyl (C=O) groups is 2. The van der Waals surface area contributed by atoms with Gasteiger partial charge in [0.25, 0.3) is 5.91 Å². The quantitative estimate of drug-likeness (QED) is 0.499. The number of amides is 2. The fourth-order valence-corrected chi connectivity index (χ4v) is 5.28. The Morgan fingerprint density at radius 2 is 1.92 bits per heavy atom. The van der Waals surface area contributed by atoms with E-state index in [4.69, 9.17) is 4.74 Å². The zero-order chi connectivity index (χ0) is 27.8. The van der Waals surface area contributed by atoms with Gasteiger partial charge in [0.05, 0.1) is 19.0 Å². The van der Waals surface area contributed by atoms with Crippen LogP contribution in [0.3, 0.4) is 0 Å². The van der Waals surface area contributed by atoms with Crippen LogP contribution in [0, 0.1) is 17.7 Å². The van der Waals surface area contributed by atoms with Crippen LogP contribution in [0.5, 0.6) is 5.88 Å². The molecule has 1 saturated carbocycles. The predicted molar refractivity (Wildman–Crippen MR) is 128 cm³/mol. The lowest BCUT2D eigenvalue weighted by Crippen LogP contribution is -2.54. The molecule has 13 heteroatoms. The van der Waals surface area contributed by atoms with Crippen molar-refractivity contribution in [2.45, 2.75) is 69.8 Å². The van der Waals surface area contributed by atoms with Crippen LogP contribution in [-0.4, -0.2) is 74.5 Å². The van der Waals surface area contributed by atoms with Crippen molar-refractivity contribution in [2.24, 2.45) is 11.8 Å². The summed E-state index contributed by atoms with van der Waals surface area (Å²) in [5.74, 6) is -1.68. The molecule has 2 aliphatic rings. The molecule has 3 heterocycles. The number of aromatic amines is 1. The van der Waals surface area contributed by atoms with E-state index < -0.39 is 42.4 Å². The number of pyridine rings is 1. The van der Waals surface area contributed by atoms with Crippen molar-refractivity contribution >= 4 is 11.8 Å². The van der Waals surface area contributed by atoms with E-state index in [-0.39, 0.29) is 66.0 Å². The number of nitrogens with one attached hydrogen (secondary N) is 2. The molecule has 2 aromatic rings. The lowest BCUT2D eigenvalue weighted by Gasteiger charge is -2.42. The molecule has 2 fully saturated rings. The number of alkyl halides is 3. The van der Waals surface area contributed by atoms with Gasteiger partial charge in [-0.3, -0.25) is 14.7 Å². The van der Waals surface area contributed by atoms with E-state index in [0.717, 1.165) is 6.20 Å². The third-order valence-corrected chi connectivity index (χ3v) is 7.71. The fraction of sp³-hybridized carbons (Fsp3) is 0.600. The highest BCUT2D eigenvalue weighted by Crippen LogP contribution is 2.41. The number of carbonyl (C=O) groups excluding carboxylic acids is 2. The molecule has 9 nitrogen and oxygen atoms in total. The monoisotopic (exact) mass is 541 g/mol. The summed E-state index contributed by atoms with van der Waals surface area (Å²) in [4.78, 5) is 31.7. The van der Waals surface area contributed by atoms with Gasteiger partial charge in [-0.15, -0.1) is 0 Å². The number of aliphatic hydroxyl groups is 1. The number of halogens is 4. The lowest BCUT2D eigenvalue weighted by atomic mass is 9.80. The van der Waals surface area contributed by atoms with E-state index in [2.05, 4.69) is 20.5 Å². The molecule has 2 amide bonds. The number of aromatic nitrogens is 3. The number of ether oxygens (including phenoxy) is 1. The van der Waals surface area contributed by atoms with Gasteiger partial charge < -0.3 is 20.1 Å². The topological polar surface area (TPSA) is 120 Å². The van der Waals surface area contributed by atoms with Crippen molar-refractivity contribution in [3.63, 3.8) is 0 Å². The van der Waals surface area contributed by atoms with Gasteiger partial charge >= 0.3 is 6.18 Å². The summed E-state index contributed by atoms with van der Waals surface area (Å²) in [5.41, 5.74) is -2.18. The Kier molecular flexibility index (Phi) is 7.69. The number of hydrogen-bond acceptors (Lipinski definition) is 6. The summed E-state index contributed by atoms with van der Waals surface area (Å²) >= 11 is 0. The van der Waals surface area contributed by atoms with Gasteiger partial charge in [-0.1, -0.05) is 6.92 Å². The van der Waals surface area contributed by atoms with Gasteiger partial charge in [-0.05, 0) is 51.0 Å². The third-order valence-electron chi connectivity index (χ3n) is 7.71. The molecular weight excluding hydrogens is 510 g/mol. The molecule has 3 atom stereocenters. The first-order valence-corrected chi connectivity index (χ1v) is 12.5. The van der Waals surface area contributed by atoms with Crippen LogP contribution >= 0.6 is 0 Å². The van der Waals surface area contributed by atoms with Gasteiger partial charge in [0, 0.05) is 36.2 Å². The highest BCUT2D eigenvalue weighted by molar-refractivity contribution is 5.94. The van der Waals surface area contributed by atoms with Crippen LogP contribution in [0.4, 0.5) is 17.6 Å². The van der Waals surface area contributed by atoms with Gasteiger partial charge in [0.15, 0.2) is 17.1 Å². The molecule has 0 bridgehead atoms. The SMILES string of the molecule is COc1cc(-c2cc(C(=O)N3C[C@@H](C)[C@@H](C(=O)N[C@H]4CC[C@@](O)(C(F)(F)F)CC4)C[C@@H]3C)n[nH]2)c(F)cn1. The molecule has 1 saturated heterocycles. The Hall–Kier alpha value is -3.22. The second kappa shape index (κ2) is 10.5. The minimum atomic E-state index is -4.69. The maximum Gasteiger partial charge on any atom is 0.417 e. The Bertz CT molecular complexity index is 1180. The first kappa shape index (κ1) is 27.8. The number of nitrogens with zero attached hydrogens (tertiary/aromatic N) is 3. The number of rotatable bonds is 5. The second-order valence-corrected chi connectivity index (χ2v) is 10.3. The molecule has 3 N–H and O–H groups in total. The fourth-order valence-electron chi connectivity index (χ4n) is 5.28. The van der Waals surface area contributed by atoms with Crippen LogP contribution < -0.4 is 10.1 Å². The summed E-state index contributed by atoms with van der Waals surface area (Å²) in [7, 11) is 1.40. The summed E-state index contributed by atoms with van der Waals surface area (Å²) in [6, 6.07) is 2.08. The van der Waals surface area contributed by atoms with Crippen molar-refractivity contribution in [3.8, 4) is 17.1 Å². The Morgan fingerprint density at radius 1 is 1.24 bits per heavy atom. The minimum absolute atomic E-state index is 0.0362. The van der Waals surface area contributed by atoms with Gasteiger partial charge in [-0.2, -0.15) is 18.3 Å². The van der Waals surface area contributed by atoms with E-state index in [1.807, 2.05) is 13.8 Å². The van der Waals surface area contributed by atoms with Crippen molar-refractivity contribution in [1.29, 1.82) is 0 Å². The highest BCUT2D eigenvalue weighted by atomic mass is 19.4. The molecule has 1 aliphatic carbocycles. The molecule has 0 unspecified atom stereocenters. The van der Waals surface area contributed by atoms with Crippen LogP contribution in [-0.2, 0) is 4.79 Å². The van der Waals surface area contributed by atoms with Crippen molar-refractivity contribution in [1.82, 2.24) is 25.4 Å². The molecule has 38 heavy (non-hydrogen) atoms. The molecule has 1 aliphatic heterocycles. The highest BCUT2D eigenvalue weighted by Gasteiger charge is 2.54. The molecule has 2 aromatic heterocycles. The normalized spacial score (nSPS) is 28.2. The van der Waals surface area contributed by atoms with E-state index >= 15 is 0 Å². The summed E-state index contributed by atoms with van der Waals surface area (Å²) < 4.78 is 58.5. The molecule has 208 valence electrons. The molecule has 4 rings (SSSR count). The first-order valence-electron chi connectivity index (χ1n) is 12.5. The van der Waals surface area contributed by atoms with E-state index in [1.54, 1.807) is 4.90 Å². The number of H-pyrrole nitrogens is 1. The third kappa shape index (κ3) is 5.47. The zero-order valence-corrected chi connectivity index (χ0v) is 21.3. The second-order valence-electron chi connectivity index (χ2n) is 10.3. The minimum Gasteiger partial charge on any atom is -0.481 e. The lowest BCUT2D eigenvalue weighted by molar-refractivity contribution is -0.270. The number of methoxy groups -OCH3 is 1. The van der Waals surface area contributed by atoms with Crippen LogP contribution in [0.25, 0.3) is 11.3 Å². The average molecular weight is 542 g/mol. The smallest absolute Gasteiger partial charge is 0.417 e. The zero-order valence-electron chi connectivity index (χ0n) is 21.3. The van der Waals surface area contributed by atoms with E-state index in [0.29, 0.717) is 6.42 Å². The van der Waals surface area contributed by atoms with Gasteiger partial charge in [-0.25, -0.2) is 9.37 Å². The number of hydrogen-bond donors (Lipinski definition) is 3. The number of piperidine rings is 1. The Morgan fingerprint density at radius 3 is 2.55 bits per heavy atom. The molecule has 0 spiro atoms. The summed E-state index contributed by atoms with van der Waals surface area (Å²) in [6.07, 6.45) is -4.15. The van der Waals surface area contributed by atoms with Crippen molar-refractivity contribution in [3.05, 3.63) is 29.8 Å². The van der Waals surface area contributed by atoms with Crippen LogP contribution in [0.2, 0.25) is 0 Å². The van der Waals surface area contributed by atoms with Crippen LogP contribution in [0.15, 0.2) is 18.3 Å². The Balaban J connectivity index is 1.37. The van der Waals surface area contributed by atoms with Gasteiger partial charge in [0.2, 0.25) is 11.8 Å². The van der Waals surface area contributed by atoms with Gasteiger partial charge in [0.1, 0.15) is 0 Å². The summed E-state index contributed by atoms with van der Waals surface area (Å²) in [5, 5.41) is 19.4. The van der Waals surface area contributed by atoms with Crippen molar-refractivity contribution in [2.75, 3.05) is 13.7 Å². The first-order chi connectivity index (χ1) is 17.8. The largest absolute Gasteiger partial charge is 0.481 e. The van der Waals surface area contributed by atoms with Crippen molar-refractivity contribution < 1.29 is 37.0 Å². The molecule has 0 aromatic carbocycles. The summed E-state index contributed by atoms with van der Waals surface area (Å²) in [6.45, 7) is 3.93. The van der Waals surface area contributed by atoms with E-state index in [1.165, 1.54) is 19.2 Å². The standard InChI is InChI=1S/C25H31F4N5O4/c1-13-12-34(23(36)20-10-19(32-33-20)17-9-21(38-3)30-11-18(17)26)14(2)8-16(13)22(35)31-15-4-6-24(37,7-5-15)25(27,28)29/h9-11,13-16,37H,4-8,12H2,1-3H3,(H,31,35)(H,32,33)/t13-,14+,15-,16+,24-/m1/s1. The van der Waals surface area contributed by atoms with Crippen LogP contribution in [0.1, 0.15) is 56.4 Å². The van der Waals surface area contributed by atoms with E-state index in [9.17, 15) is 32.3 Å². The predicted octanol–water partition coefficient (Wildman–Crippen LogP) is 3.46. The maximum absolute atomic E-state index is 14.3.